The number of fused-ring (bicyclic) bond motifs is 3. The van der Waals surface area contributed by atoms with Gasteiger partial charge in [-0.15, -0.1) is 0 Å². The largest absolute Gasteiger partial charge is 0.307 e. The Kier molecular flexibility index (Phi) is 5.17. The van der Waals surface area contributed by atoms with Gasteiger partial charge in [-0.05, 0) is 63.5 Å². The lowest BCUT2D eigenvalue weighted by Crippen LogP contribution is -2.36. The molecule has 1 N–H and O–H groups in total. The third kappa shape index (κ3) is 3.30. The van der Waals surface area contributed by atoms with Crippen LogP contribution in [0.4, 0.5) is 0 Å². The van der Waals surface area contributed by atoms with E-state index in [1.54, 1.807) is 0 Å². The van der Waals surface area contributed by atoms with E-state index in [0.717, 1.165) is 55.6 Å². The standard InChI is InChI=1S/C23H31N5O/c24-13-7-15-28-22-20(17-10-4-5-11-18(17)23(29)25-22)21(26-28)19-12-6-14-27(19)16-8-2-1-3-9-16/h16,19H,1-12,14-15H2,(H,25,29)/t19-/m1/s1. The molecule has 6 heteroatoms. The summed E-state index contributed by atoms with van der Waals surface area (Å²) in [6.07, 6.45) is 13.5. The number of aromatic nitrogens is 3. The summed E-state index contributed by atoms with van der Waals surface area (Å²) < 4.78 is 1.90. The van der Waals surface area contributed by atoms with E-state index < -0.39 is 0 Å². The summed E-state index contributed by atoms with van der Waals surface area (Å²) in [7, 11) is 0. The summed E-state index contributed by atoms with van der Waals surface area (Å²) in [5.41, 5.74) is 4.27. The van der Waals surface area contributed by atoms with Gasteiger partial charge in [0.2, 0.25) is 0 Å². The fraction of sp³-hybridized carbons (Fsp3) is 0.696. The Hall–Kier alpha value is -2.13. The van der Waals surface area contributed by atoms with Gasteiger partial charge in [-0.3, -0.25) is 9.69 Å². The Morgan fingerprint density at radius 3 is 2.62 bits per heavy atom. The van der Waals surface area contributed by atoms with Crippen LogP contribution in [-0.4, -0.2) is 32.3 Å². The molecule has 2 aromatic rings. The van der Waals surface area contributed by atoms with Crippen molar-refractivity contribution in [3.05, 3.63) is 27.2 Å². The van der Waals surface area contributed by atoms with Crippen molar-refractivity contribution >= 4 is 11.0 Å². The monoisotopic (exact) mass is 393 g/mol. The molecule has 2 aromatic heterocycles. The number of aryl methyl sites for hydroxylation is 2. The minimum absolute atomic E-state index is 0.0485. The van der Waals surface area contributed by atoms with Crippen LogP contribution in [-0.2, 0) is 19.4 Å². The van der Waals surface area contributed by atoms with Crippen molar-refractivity contribution < 1.29 is 0 Å². The molecular formula is C23H31N5O. The molecule has 6 nitrogen and oxygen atoms in total. The summed E-state index contributed by atoms with van der Waals surface area (Å²) in [6.45, 7) is 1.70. The predicted octanol–water partition coefficient (Wildman–Crippen LogP) is 3.99. The van der Waals surface area contributed by atoms with Gasteiger partial charge in [0.05, 0.1) is 30.8 Å². The number of aromatic amines is 1. The number of hydrogen-bond acceptors (Lipinski definition) is 4. The Morgan fingerprint density at radius 2 is 1.83 bits per heavy atom. The molecule has 2 aliphatic carbocycles. The third-order valence-electron chi connectivity index (χ3n) is 7.34. The van der Waals surface area contributed by atoms with Crippen LogP contribution in [0.15, 0.2) is 4.79 Å². The van der Waals surface area contributed by atoms with Gasteiger partial charge >= 0.3 is 0 Å². The normalized spacial score (nSPS) is 23.3. The minimum atomic E-state index is 0.0485. The molecular weight excluding hydrogens is 362 g/mol. The maximum Gasteiger partial charge on any atom is 0.253 e. The van der Waals surface area contributed by atoms with Gasteiger partial charge in [-0.25, -0.2) is 4.68 Å². The number of likely N-dealkylation sites (tertiary alicyclic amines) is 1. The second-order valence-corrected chi connectivity index (χ2v) is 9.05. The molecule has 0 unspecified atom stereocenters. The van der Waals surface area contributed by atoms with Gasteiger partial charge < -0.3 is 4.98 Å². The van der Waals surface area contributed by atoms with Crippen LogP contribution in [0.1, 0.15) is 87.1 Å². The molecule has 0 spiro atoms. The van der Waals surface area contributed by atoms with Crippen LogP contribution in [0.2, 0.25) is 0 Å². The lowest BCUT2D eigenvalue weighted by molar-refractivity contribution is 0.140. The summed E-state index contributed by atoms with van der Waals surface area (Å²) in [5.74, 6) is 0. The molecule has 2 fully saturated rings. The van der Waals surface area contributed by atoms with Gasteiger partial charge in [-0.1, -0.05) is 19.3 Å². The van der Waals surface area contributed by atoms with Crippen LogP contribution in [0.5, 0.6) is 0 Å². The first-order valence-electron chi connectivity index (χ1n) is 11.5. The Morgan fingerprint density at radius 1 is 1.03 bits per heavy atom. The molecule has 0 aromatic carbocycles. The van der Waals surface area contributed by atoms with E-state index >= 15 is 0 Å². The van der Waals surface area contributed by atoms with Crippen molar-refractivity contribution in [2.45, 2.75) is 95.7 Å². The van der Waals surface area contributed by atoms with Gasteiger partial charge in [0.25, 0.3) is 5.56 Å². The highest BCUT2D eigenvalue weighted by Crippen LogP contribution is 2.41. The molecule has 5 rings (SSSR count). The van der Waals surface area contributed by atoms with E-state index in [-0.39, 0.29) is 5.56 Å². The van der Waals surface area contributed by atoms with E-state index in [9.17, 15) is 4.79 Å². The lowest BCUT2D eigenvalue weighted by Gasteiger charge is -2.35. The van der Waals surface area contributed by atoms with E-state index in [0.29, 0.717) is 25.0 Å². The van der Waals surface area contributed by atoms with E-state index in [4.69, 9.17) is 10.4 Å². The first kappa shape index (κ1) is 18.9. The number of rotatable bonds is 4. The smallest absolute Gasteiger partial charge is 0.253 e. The van der Waals surface area contributed by atoms with E-state index in [1.165, 1.54) is 49.5 Å². The maximum atomic E-state index is 12.8. The van der Waals surface area contributed by atoms with Crippen molar-refractivity contribution in [1.82, 2.24) is 19.7 Å². The predicted molar refractivity (Wildman–Crippen MR) is 113 cm³/mol. The van der Waals surface area contributed by atoms with Crippen LogP contribution < -0.4 is 5.56 Å². The van der Waals surface area contributed by atoms with Crippen molar-refractivity contribution in [2.24, 2.45) is 0 Å². The van der Waals surface area contributed by atoms with Gasteiger partial charge in [0, 0.05) is 17.0 Å². The van der Waals surface area contributed by atoms with E-state index in [2.05, 4.69) is 16.0 Å². The van der Waals surface area contributed by atoms with Crippen molar-refractivity contribution in [3.63, 3.8) is 0 Å². The van der Waals surface area contributed by atoms with Crippen LogP contribution >= 0.6 is 0 Å². The summed E-state index contributed by atoms with van der Waals surface area (Å²) in [4.78, 5) is 18.6. The van der Waals surface area contributed by atoms with Crippen LogP contribution in [0, 0.1) is 11.3 Å². The number of H-pyrrole nitrogens is 1. The highest BCUT2D eigenvalue weighted by Gasteiger charge is 2.36. The summed E-state index contributed by atoms with van der Waals surface area (Å²) >= 11 is 0. The first-order valence-corrected chi connectivity index (χ1v) is 11.5. The Labute approximate surface area is 171 Å². The number of nitrogens with one attached hydrogen (secondary N) is 1. The molecule has 3 heterocycles. The van der Waals surface area contributed by atoms with Crippen LogP contribution in [0.3, 0.4) is 0 Å². The summed E-state index contributed by atoms with van der Waals surface area (Å²) in [5, 5.41) is 15.4. The maximum absolute atomic E-state index is 12.8. The zero-order valence-corrected chi connectivity index (χ0v) is 17.3. The fourth-order valence-electron chi connectivity index (χ4n) is 6.00. The third-order valence-corrected chi connectivity index (χ3v) is 7.34. The first-order chi connectivity index (χ1) is 14.3. The molecule has 1 atom stereocenters. The number of nitrogens with zero attached hydrogens (tertiary/aromatic N) is 4. The number of nitriles is 1. The lowest BCUT2D eigenvalue weighted by atomic mass is 9.89. The van der Waals surface area contributed by atoms with Gasteiger partial charge in [-0.2, -0.15) is 10.4 Å². The Balaban J connectivity index is 1.64. The molecule has 1 aliphatic heterocycles. The second-order valence-electron chi connectivity index (χ2n) is 9.05. The molecule has 3 aliphatic rings. The van der Waals surface area contributed by atoms with Crippen LogP contribution in [0.25, 0.3) is 11.0 Å². The number of pyridine rings is 1. The zero-order chi connectivity index (χ0) is 19.8. The van der Waals surface area contributed by atoms with E-state index in [1.807, 2.05) is 4.68 Å². The van der Waals surface area contributed by atoms with Gasteiger partial charge in [0.1, 0.15) is 5.65 Å². The Bertz CT molecular complexity index is 991. The fourth-order valence-corrected chi connectivity index (χ4v) is 6.00. The average molecular weight is 394 g/mol. The van der Waals surface area contributed by atoms with Crippen molar-refractivity contribution in [2.75, 3.05) is 6.54 Å². The molecule has 29 heavy (non-hydrogen) atoms. The molecule has 0 radical (unpaired) electrons. The molecule has 0 bridgehead atoms. The SMILES string of the molecule is N#CCCn1nc([C@H]2CCCN2C2CCCCC2)c2c3c(c(=O)[nH]c21)CCCC3. The molecule has 1 saturated heterocycles. The quantitative estimate of drug-likeness (QED) is 0.852. The zero-order valence-electron chi connectivity index (χ0n) is 17.3. The molecule has 1 saturated carbocycles. The summed E-state index contributed by atoms with van der Waals surface area (Å²) in [6, 6.07) is 3.26. The highest BCUT2D eigenvalue weighted by molar-refractivity contribution is 5.84. The van der Waals surface area contributed by atoms with Gasteiger partial charge in [0.15, 0.2) is 0 Å². The number of hydrogen-bond donors (Lipinski definition) is 1. The topological polar surface area (TPSA) is 77.7 Å². The van der Waals surface area contributed by atoms with Crippen molar-refractivity contribution in [3.8, 4) is 6.07 Å². The average Bonchev–Trinajstić information content (AvgIpc) is 3.38. The second kappa shape index (κ2) is 7.95. The highest BCUT2D eigenvalue weighted by atomic mass is 16.1. The molecule has 0 amide bonds. The molecule has 154 valence electrons. The minimum Gasteiger partial charge on any atom is -0.307 e. The van der Waals surface area contributed by atoms with Crippen molar-refractivity contribution in [1.29, 1.82) is 5.26 Å².